The number of benzene rings is 2. The van der Waals surface area contributed by atoms with Gasteiger partial charge in [-0.05, 0) is 37.0 Å². The summed E-state index contributed by atoms with van der Waals surface area (Å²) >= 11 is 0. The molecule has 0 saturated heterocycles. The van der Waals surface area contributed by atoms with Crippen molar-refractivity contribution in [3.63, 3.8) is 0 Å². The number of hydrogen-bond donors (Lipinski definition) is 2. The van der Waals surface area contributed by atoms with E-state index in [9.17, 15) is 0 Å². The van der Waals surface area contributed by atoms with Crippen LogP contribution in [-0.4, -0.2) is 42.7 Å². The molecule has 0 atom stereocenters. The van der Waals surface area contributed by atoms with Crippen molar-refractivity contribution in [3.05, 3.63) is 48.3 Å². The second-order valence-electron chi connectivity index (χ2n) is 7.21. The third kappa shape index (κ3) is 4.03. The largest absolute Gasteiger partial charge is 0.497 e. The van der Waals surface area contributed by atoms with Crippen LogP contribution < -0.4 is 20.2 Å². The van der Waals surface area contributed by atoms with Gasteiger partial charge in [0, 0.05) is 42.3 Å². The molecule has 0 amide bonds. The number of hydrazone groups is 1. The standard InChI is InChI=1S/C22H24N6O2/c1-29-17-7-16(8-18(10-17)30-2)28(13-14-3-4-14)15-5-6-19-20(9-15)26-22(12-25-19)21(11-23)27-24/h5-12,14,23H,3-4,13,24H2,1-2H3/b23-11?,27-21+. The van der Waals surface area contributed by atoms with Gasteiger partial charge in [-0.3, -0.25) is 4.98 Å². The topological polar surface area (TPSA) is 110 Å². The summed E-state index contributed by atoms with van der Waals surface area (Å²) in [6, 6.07) is 11.9. The second kappa shape index (κ2) is 8.36. The van der Waals surface area contributed by atoms with Gasteiger partial charge in [-0.25, -0.2) is 4.98 Å². The fourth-order valence-corrected chi connectivity index (χ4v) is 3.34. The summed E-state index contributed by atoms with van der Waals surface area (Å²) in [5, 5.41) is 11.1. The van der Waals surface area contributed by atoms with Crippen LogP contribution in [0.2, 0.25) is 0 Å². The molecule has 1 aliphatic carbocycles. The minimum absolute atomic E-state index is 0.280. The van der Waals surface area contributed by atoms with Crippen molar-refractivity contribution in [3.8, 4) is 11.5 Å². The number of anilines is 2. The average Bonchev–Trinajstić information content (AvgIpc) is 3.61. The smallest absolute Gasteiger partial charge is 0.127 e. The highest BCUT2D eigenvalue weighted by atomic mass is 16.5. The Bertz CT molecular complexity index is 1090. The molecule has 8 nitrogen and oxygen atoms in total. The molecule has 8 heteroatoms. The summed E-state index contributed by atoms with van der Waals surface area (Å²) in [5.74, 6) is 7.50. The summed E-state index contributed by atoms with van der Waals surface area (Å²) in [6.07, 6.45) is 5.10. The predicted octanol–water partition coefficient (Wildman–Crippen LogP) is 3.51. The molecular weight excluding hydrogens is 380 g/mol. The maximum Gasteiger partial charge on any atom is 0.127 e. The minimum Gasteiger partial charge on any atom is -0.497 e. The normalized spacial score (nSPS) is 13.9. The quantitative estimate of drug-likeness (QED) is 0.338. The number of methoxy groups -OCH3 is 2. The van der Waals surface area contributed by atoms with Crippen molar-refractivity contribution in [2.24, 2.45) is 16.9 Å². The highest BCUT2D eigenvalue weighted by molar-refractivity contribution is 6.36. The Hall–Kier alpha value is -3.68. The van der Waals surface area contributed by atoms with Crippen molar-refractivity contribution < 1.29 is 9.47 Å². The van der Waals surface area contributed by atoms with E-state index >= 15 is 0 Å². The van der Waals surface area contributed by atoms with Gasteiger partial charge in [-0.1, -0.05) is 0 Å². The first-order chi connectivity index (χ1) is 14.6. The summed E-state index contributed by atoms with van der Waals surface area (Å²) in [6.45, 7) is 0.894. The number of nitrogens with one attached hydrogen (secondary N) is 1. The molecule has 4 rings (SSSR count). The van der Waals surface area contributed by atoms with Crippen molar-refractivity contribution in [1.82, 2.24) is 9.97 Å². The molecule has 1 heterocycles. The van der Waals surface area contributed by atoms with E-state index in [0.29, 0.717) is 17.1 Å². The number of fused-ring (bicyclic) bond motifs is 1. The van der Waals surface area contributed by atoms with Gasteiger partial charge in [0.15, 0.2) is 0 Å². The number of nitrogens with zero attached hydrogens (tertiary/aromatic N) is 4. The molecule has 154 valence electrons. The fraction of sp³-hybridized carbons (Fsp3) is 0.273. The lowest BCUT2D eigenvalue weighted by atomic mass is 10.1. The lowest BCUT2D eigenvalue weighted by Crippen LogP contribution is -2.20. The molecule has 0 unspecified atom stereocenters. The van der Waals surface area contributed by atoms with E-state index in [1.807, 2.05) is 36.4 Å². The second-order valence-corrected chi connectivity index (χ2v) is 7.21. The van der Waals surface area contributed by atoms with Crippen LogP contribution in [0.4, 0.5) is 11.4 Å². The van der Waals surface area contributed by atoms with Crippen molar-refractivity contribution in [2.45, 2.75) is 12.8 Å². The third-order valence-corrected chi connectivity index (χ3v) is 5.16. The molecule has 0 bridgehead atoms. The molecular formula is C22H24N6O2. The molecule has 2 aromatic carbocycles. The zero-order valence-electron chi connectivity index (χ0n) is 17.0. The van der Waals surface area contributed by atoms with E-state index in [-0.39, 0.29) is 5.71 Å². The Labute approximate surface area is 174 Å². The Kier molecular flexibility index (Phi) is 5.47. The predicted molar refractivity (Wildman–Crippen MR) is 118 cm³/mol. The number of ether oxygens (including phenoxy) is 2. The molecule has 1 aromatic heterocycles. The Morgan fingerprint density at radius 3 is 2.47 bits per heavy atom. The van der Waals surface area contributed by atoms with Gasteiger partial charge in [0.1, 0.15) is 22.9 Å². The van der Waals surface area contributed by atoms with Gasteiger partial charge >= 0.3 is 0 Å². The SMILES string of the molecule is COc1cc(OC)cc(N(CC2CC2)c2ccc3ncc(/C(C=N)=N/N)nc3c2)c1. The monoisotopic (exact) mass is 404 g/mol. The first-order valence-electron chi connectivity index (χ1n) is 9.71. The highest BCUT2D eigenvalue weighted by Crippen LogP contribution is 2.38. The van der Waals surface area contributed by atoms with Crippen LogP contribution in [0.1, 0.15) is 18.5 Å². The van der Waals surface area contributed by atoms with E-state index < -0.39 is 0 Å². The van der Waals surface area contributed by atoms with Gasteiger partial charge in [-0.2, -0.15) is 5.10 Å². The van der Waals surface area contributed by atoms with Crippen LogP contribution in [0.25, 0.3) is 11.0 Å². The van der Waals surface area contributed by atoms with Crippen LogP contribution in [0.5, 0.6) is 11.5 Å². The molecule has 1 fully saturated rings. The van der Waals surface area contributed by atoms with Crippen LogP contribution in [-0.2, 0) is 0 Å². The van der Waals surface area contributed by atoms with Crippen molar-refractivity contribution >= 4 is 34.3 Å². The first kappa shape index (κ1) is 19.6. The summed E-state index contributed by atoms with van der Waals surface area (Å²) in [5.41, 5.74) is 4.21. The van der Waals surface area contributed by atoms with Gasteiger partial charge in [-0.15, -0.1) is 0 Å². The van der Waals surface area contributed by atoms with Crippen LogP contribution in [0, 0.1) is 11.3 Å². The maximum absolute atomic E-state index is 7.45. The maximum atomic E-state index is 7.45. The molecule has 30 heavy (non-hydrogen) atoms. The summed E-state index contributed by atoms with van der Waals surface area (Å²) in [4.78, 5) is 11.3. The minimum atomic E-state index is 0.280. The number of aromatic nitrogens is 2. The molecule has 3 aromatic rings. The highest BCUT2D eigenvalue weighted by Gasteiger charge is 2.26. The average molecular weight is 404 g/mol. The number of nitrogens with two attached hydrogens (primary N) is 1. The fourth-order valence-electron chi connectivity index (χ4n) is 3.34. The zero-order chi connectivity index (χ0) is 21.1. The zero-order valence-corrected chi connectivity index (χ0v) is 17.0. The van der Waals surface area contributed by atoms with Crippen molar-refractivity contribution in [1.29, 1.82) is 5.41 Å². The van der Waals surface area contributed by atoms with Gasteiger partial charge in [0.05, 0.1) is 31.4 Å². The lowest BCUT2D eigenvalue weighted by molar-refractivity contribution is 0.394. The van der Waals surface area contributed by atoms with E-state index in [1.165, 1.54) is 12.8 Å². The van der Waals surface area contributed by atoms with E-state index in [4.69, 9.17) is 20.7 Å². The van der Waals surface area contributed by atoms with Gasteiger partial charge < -0.3 is 25.6 Å². The Morgan fingerprint density at radius 2 is 1.87 bits per heavy atom. The molecule has 0 spiro atoms. The molecule has 1 aliphatic rings. The van der Waals surface area contributed by atoms with Crippen molar-refractivity contribution in [2.75, 3.05) is 25.7 Å². The van der Waals surface area contributed by atoms with E-state index in [0.717, 1.165) is 41.1 Å². The van der Waals surface area contributed by atoms with Gasteiger partial charge in [0.2, 0.25) is 0 Å². The molecule has 1 saturated carbocycles. The molecule has 0 aliphatic heterocycles. The molecule has 3 N–H and O–H groups in total. The first-order valence-corrected chi connectivity index (χ1v) is 9.71. The number of rotatable bonds is 8. The Morgan fingerprint density at radius 1 is 1.13 bits per heavy atom. The summed E-state index contributed by atoms with van der Waals surface area (Å²) < 4.78 is 10.9. The van der Waals surface area contributed by atoms with Crippen LogP contribution >= 0.6 is 0 Å². The van der Waals surface area contributed by atoms with Crippen LogP contribution in [0.3, 0.4) is 0 Å². The third-order valence-electron chi connectivity index (χ3n) is 5.16. The molecule has 0 radical (unpaired) electrons. The summed E-state index contributed by atoms with van der Waals surface area (Å²) in [7, 11) is 3.30. The van der Waals surface area contributed by atoms with Gasteiger partial charge in [0.25, 0.3) is 0 Å². The number of hydrogen-bond acceptors (Lipinski definition) is 8. The Balaban J connectivity index is 1.80. The lowest BCUT2D eigenvalue weighted by Gasteiger charge is -2.26. The van der Waals surface area contributed by atoms with Crippen LogP contribution in [0.15, 0.2) is 47.7 Å². The van der Waals surface area contributed by atoms with E-state index in [2.05, 4.69) is 20.0 Å². The van der Waals surface area contributed by atoms with E-state index in [1.54, 1.807) is 20.4 Å².